The summed E-state index contributed by atoms with van der Waals surface area (Å²) < 4.78 is 4.13. The van der Waals surface area contributed by atoms with E-state index in [9.17, 15) is 0 Å². The van der Waals surface area contributed by atoms with Gasteiger partial charge in [-0.25, -0.2) is 4.37 Å². The van der Waals surface area contributed by atoms with Gasteiger partial charge in [-0.2, -0.15) is 0 Å². The minimum absolute atomic E-state index is 0.762. The van der Waals surface area contributed by atoms with Crippen LogP contribution in [0.15, 0.2) is 12.3 Å². The molecule has 2 atom stereocenters. The third kappa shape index (κ3) is 2.29. The van der Waals surface area contributed by atoms with E-state index in [1.165, 1.54) is 30.6 Å². The van der Waals surface area contributed by atoms with Crippen LogP contribution in [0.25, 0.3) is 0 Å². The molecule has 1 aliphatic carbocycles. The average molecular weight is 196 g/mol. The van der Waals surface area contributed by atoms with Crippen LogP contribution in [0.1, 0.15) is 24.1 Å². The summed E-state index contributed by atoms with van der Waals surface area (Å²) in [5.74, 6) is 0.887. The van der Waals surface area contributed by atoms with Crippen LogP contribution in [0.5, 0.6) is 0 Å². The summed E-state index contributed by atoms with van der Waals surface area (Å²) in [6.45, 7) is 0. The molecule has 0 aliphatic heterocycles. The number of nitrogens with one attached hydrogen (secondary N) is 1. The summed E-state index contributed by atoms with van der Waals surface area (Å²) in [6.07, 6.45) is 7.21. The minimum Gasteiger partial charge on any atom is -0.317 e. The van der Waals surface area contributed by atoms with Gasteiger partial charge in [0.2, 0.25) is 0 Å². The predicted octanol–water partition coefficient (Wildman–Crippen LogP) is 2.07. The van der Waals surface area contributed by atoms with Gasteiger partial charge < -0.3 is 5.32 Å². The lowest BCUT2D eigenvalue weighted by atomic mass is 10.0. The molecule has 3 heteroatoms. The second-order valence-corrected chi connectivity index (χ2v) is 4.77. The van der Waals surface area contributed by atoms with Crippen molar-refractivity contribution in [2.24, 2.45) is 5.92 Å². The largest absolute Gasteiger partial charge is 0.317 e. The lowest BCUT2D eigenvalue weighted by molar-refractivity contribution is 0.512. The van der Waals surface area contributed by atoms with Crippen molar-refractivity contribution in [2.45, 2.75) is 31.7 Å². The molecule has 1 aromatic heterocycles. The number of hydrogen-bond acceptors (Lipinski definition) is 3. The molecule has 2 nitrogen and oxygen atoms in total. The normalized spacial score (nSPS) is 28.1. The van der Waals surface area contributed by atoms with Gasteiger partial charge in [-0.15, -0.1) is 0 Å². The fourth-order valence-electron chi connectivity index (χ4n) is 2.15. The van der Waals surface area contributed by atoms with Crippen LogP contribution in [0.3, 0.4) is 0 Å². The van der Waals surface area contributed by atoms with E-state index in [2.05, 4.69) is 22.8 Å². The SMILES string of the molecule is CNC1CCC(Cc2ccns2)C1. The van der Waals surface area contributed by atoms with Crippen LogP contribution in [-0.4, -0.2) is 17.5 Å². The fraction of sp³-hybridized carbons (Fsp3) is 0.700. The van der Waals surface area contributed by atoms with Gasteiger partial charge in [0.1, 0.15) is 0 Å². The molecule has 1 fully saturated rings. The molecular formula is C10H16N2S. The van der Waals surface area contributed by atoms with Gasteiger partial charge in [-0.1, -0.05) is 0 Å². The first-order valence-corrected chi connectivity index (χ1v) is 5.72. The first kappa shape index (κ1) is 9.16. The van der Waals surface area contributed by atoms with E-state index in [0.717, 1.165) is 12.0 Å². The molecular weight excluding hydrogens is 180 g/mol. The molecule has 13 heavy (non-hydrogen) atoms. The van der Waals surface area contributed by atoms with E-state index < -0.39 is 0 Å². The zero-order valence-corrected chi connectivity index (χ0v) is 8.81. The number of nitrogens with zero attached hydrogens (tertiary/aromatic N) is 1. The Morgan fingerprint density at radius 1 is 1.62 bits per heavy atom. The maximum absolute atomic E-state index is 4.13. The van der Waals surface area contributed by atoms with Gasteiger partial charge in [0.15, 0.2) is 0 Å². The first-order chi connectivity index (χ1) is 6.38. The van der Waals surface area contributed by atoms with Gasteiger partial charge in [-0.05, 0) is 56.2 Å². The van der Waals surface area contributed by atoms with Crippen LogP contribution in [0.4, 0.5) is 0 Å². The molecule has 72 valence electrons. The van der Waals surface area contributed by atoms with E-state index in [1.807, 2.05) is 6.20 Å². The van der Waals surface area contributed by atoms with Gasteiger partial charge in [0, 0.05) is 17.1 Å². The molecule has 0 amide bonds. The highest BCUT2D eigenvalue weighted by molar-refractivity contribution is 7.05. The van der Waals surface area contributed by atoms with Crippen molar-refractivity contribution in [3.63, 3.8) is 0 Å². The average Bonchev–Trinajstić information content (AvgIpc) is 2.76. The van der Waals surface area contributed by atoms with E-state index in [0.29, 0.717) is 0 Å². The van der Waals surface area contributed by atoms with Crippen molar-refractivity contribution < 1.29 is 0 Å². The summed E-state index contributed by atoms with van der Waals surface area (Å²) in [5.41, 5.74) is 0. The molecule has 0 radical (unpaired) electrons. The Bertz CT molecular complexity index is 245. The van der Waals surface area contributed by atoms with E-state index in [-0.39, 0.29) is 0 Å². The van der Waals surface area contributed by atoms with Crippen molar-refractivity contribution in [2.75, 3.05) is 7.05 Å². The van der Waals surface area contributed by atoms with Gasteiger partial charge in [-0.3, -0.25) is 0 Å². The highest BCUT2D eigenvalue weighted by Gasteiger charge is 2.23. The minimum atomic E-state index is 0.762. The third-order valence-corrected chi connectivity index (χ3v) is 3.69. The molecule has 1 aromatic rings. The van der Waals surface area contributed by atoms with Gasteiger partial charge in [0.05, 0.1) is 0 Å². The predicted molar refractivity (Wildman–Crippen MR) is 56.0 cm³/mol. The zero-order valence-electron chi connectivity index (χ0n) is 7.99. The van der Waals surface area contributed by atoms with Crippen LogP contribution in [0, 0.1) is 5.92 Å². The smallest absolute Gasteiger partial charge is 0.0409 e. The number of rotatable bonds is 3. The van der Waals surface area contributed by atoms with E-state index in [1.54, 1.807) is 11.5 Å². The molecule has 1 N–H and O–H groups in total. The second kappa shape index (κ2) is 4.20. The van der Waals surface area contributed by atoms with Gasteiger partial charge >= 0.3 is 0 Å². The lowest BCUT2D eigenvalue weighted by Gasteiger charge is -2.08. The third-order valence-electron chi connectivity index (χ3n) is 2.93. The molecule has 1 saturated carbocycles. The monoisotopic (exact) mass is 196 g/mol. The Kier molecular flexibility index (Phi) is 2.96. The van der Waals surface area contributed by atoms with Crippen molar-refractivity contribution in [3.05, 3.63) is 17.1 Å². The first-order valence-electron chi connectivity index (χ1n) is 4.95. The Morgan fingerprint density at radius 3 is 3.15 bits per heavy atom. The Labute approximate surface area is 83.5 Å². The fourth-order valence-corrected chi connectivity index (χ4v) is 2.84. The number of aromatic nitrogens is 1. The Morgan fingerprint density at radius 2 is 2.54 bits per heavy atom. The van der Waals surface area contributed by atoms with Crippen molar-refractivity contribution in [3.8, 4) is 0 Å². The maximum Gasteiger partial charge on any atom is 0.0409 e. The van der Waals surface area contributed by atoms with Crippen molar-refractivity contribution in [1.82, 2.24) is 9.69 Å². The van der Waals surface area contributed by atoms with E-state index >= 15 is 0 Å². The van der Waals surface area contributed by atoms with Crippen LogP contribution < -0.4 is 5.32 Å². The topological polar surface area (TPSA) is 24.9 Å². The van der Waals surface area contributed by atoms with Crippen LogP contribution >= 0.6 is 11.5 Å². The number of hydrogen-bond donors (Lipinski definition) is 1. The van der Waals surface area contributed by atoms with Crippen molar-refractivity contribution >= 4 is 11.5 Å². The maximum atomic E-state index is 4.13. The molecule has 0 spiro atoms. The molecule has 0 aromatic carbocycles. The second-order valence-electron chi connectivity index (χ2n) is 3.85. The molecule has 0 saturated heterocycles. The van der Waals surface area contributed by atoms with Crippen LogP contribution in [0.2, 0.25) is 0 Å². The van der Waals surface area contributed by atoms with E-state index in [4.69, 9.17) is 0 Å². The zero-order chi connectivity index (χ0) is 9.10. The van der Waals surface area contributed by atoms with Crippen molar-refractivity contribution in [1.29, 1.82) is 0 Å². The highest BCUT2D eigenvalue weighted by atomic mass is 32.1. The standard InChI is InChI=1S/C10H16N2S/c1-11-9-3-2-8(6-9)7-10-4-5-12-13-10/h4-5,8-9,11H,2-3,6-7H2,1H3. The molecule has 1 aliphatic rings. The summed E-state index contributed by atoms with van der Waals surface area (Å²) >= 11 is 1.65. The summed E-state index contributed by atoms with van der Waals surface area (Å²) in [4.78, 5) is 1.45. The highest BCUT2D eigenvalue weighted by Crippen LogP contribution is 2.29. The molecule has 1 heterocycles. The Hall–Kier alpha value is -0.410. The quantitative estimate of drug-likeness (QED) is 0.800. The molecule has 0 bridgehead atoms. The summed E-state index contributed by atoms with van der Waals surface area (Å²) in [5, 5.41) is 3.36. The molecule has 2 rings (SSSR count). The van der Waals surface area contributed by atoms with Gasteiger partial charge in [0.25, 0.3) is 0 Å². The summed E-state index contributed by atoms with van der Waals surface area (Å²) in [7, 11) is 2.07. The Balaban J connectivity index is 1.84. The summed E-state index contributed by atoms with van der Waals surface area (Å²) in [6, 6.07) is 2.91. The lowest BCUT2D eigenvalue weighted by Crippen LogP contribution is -2.21. The molecule has 2 unspecified atom stereocenters. The van der Waals surface area contributed by atoms with Crippen LogP contribution in [-0.2, 0) is 6.42 Å².